The van der Waals surface area contributed by atoms with E-state index >= 15 is 0 Å². The minimum absolute atomic E-state index is 0. The summed E-state index contributed by atoms with van der Waals surface area (Å²) < 4.78 is 0. The first-order valence-corrected chi connectivity index (χ1v) is 5.03. The molecule has 0 aromatic heterocycles. The zero-order chi connectivity index (χ0) is 15.0. The third-order valence-electron chi connectivity index (χ3n) is 1.06. The van der Waals surface area contributed by atoms with Crippen LogP contribution >= 0.6 is 0 Å². The SMILES string of the molecule is NCCC(=O)O.NCCC(=O)[O-].NCCC(=O)[O-].[Ca+2].[Ca+2].[OH-].[OH-]. The first-order chi connectivity index (χ1) is 8.31. The van der Waals surface area contributed by atoms with Gasteiger partial charge in [-0.2, -0.15) is 0 Å². The van der Waals surface area contributed by atoms with Crippen molar-refractivity contribution in [2.75, 3.05) is 19.6 Å². The second kappa shape index (κ2) is 37.7. The van der Waals surface area contributed by atoms with Crippen LogP contribution in [0.4, 0.5) is 0 Å². The second-order valence-corrected chi connectivity index (χ2v) is 2.75. The van der Waals surface area contributed by atoms with E-state index in [1.807, 2.05) is 0 Å². The third-order valence-corrected chi connectivity index (χ3v) is 1.06. The van der Waals surface area contributed by atoms with Gasteiger partial charge in [0.15, 0.2) is 0 Å². The second-order valence-electron chi connectivity index (χ2n) is 2.75. The molecule has 0 saturated heterocycles. The molecule has 0 radical (unpaired) electrons. The normalized spacial score (nSPS) is 6.68. The molecule has 0 atom stereocenters. The van der Waals surface area contributed by atoms with Gasteiger partial charge in [-0.15, -0.1) is 0 Å². The van der Waals surface area contributed by atoms with E-state index in [0.717, 1.165) is 0 Å². The predicted molar refractivity (Wildman–Crippen MR) is 74.0 cm³/mol. The smallest absolute Gasteiger partial charge is 0.870 e. The Balaban J connectivity index is -0.0000000281. The number of carboxylic acids is 3. The Morgan fingerprint density at radius 3 is 0.955 bits per heavy atom. The molecule has 0 rings (SSSR count). The number of rotatable bonds is 6. The number of carbonyl (C=O) groups is 3. The van der Waals surface area contributed by atoms with Crippen LogP contribution in [0.1, 0.15) is 19.3 Å². The Bertz CT molecular complexity index is 209. The van der Waals surface area contributed by atoms with Crippen LogP contribution in [0.2, 0.25) is 0 Å². The number of nitrogens with two attached hydrogens (primary N) is 3. The summed E-state index contributed by atoms with van der Waals surface area (Å²) in [6.07, 6.45) is -0.0139. The number of hydrogen-bond donors (Lipinski definition) is 4. The summed E-state index contributed by atoms with van der Waals surface area (Å²) in [6.45, 7) is 0.569. The van der Waals surface area contributed by atoms with Gasteiger partial charge >= 0.3 is 81.4 Å². The van der Waals surface area contributed by atoms with Crippen molar-refractivity contribution in [2.45, 2.75) is 19.3 Å². The molecular formula is C9H21Ca2N3O8. The van der Waals surface area contributed by atoms with Crippen molar-refractivity contribution >= 4 is 93.4 Å². The molecule has 11 nitrogen and oxygen atoms in total. The minimum Gasteiger partial charge on any atom is -0.870 e. The van der Waals surface area contributed by atoms with Gasteiger partial charge in [0.25, 0.3) is 0 Å². The van der Waals surface area contributed by atoms with Crippen molar-refractivity contribution in [3.05, 3.63) is 0 Å². The van der Waals surface area contributed by atoms with Crippen LogP contribution in [0.25, 0.3) is 0 Å². The third kappa shape index (κ3) is 85.2. The quantitative estimate of drug-likeness (QED) is 0.316. The first kappa shape index (κ1) is 43.4. The molecule has 0 amide bonds. The summed E-state index contributed by atoms with van der Waals surface area (Å²) in [5.41, 5.74) is 14.5. The van der Waals surface area contributed by atoms with E-state index in [-0.39, 0.29) is 125 Å². The minimum atomic E-state index is -1.09. The Kier molecular flexibility index (Phi) is 74.4. The largest absolute Gasteiger partial charge is 2.00 e. The fourth-order valence-electron chi connectivity index (χ4n) is 0.359. The molecule has 22 heavy (non-hydrogen) atoms. The van der Waals surface area contributed by atoms with Crippen molar-refractivity contribution in [1.29, 1.82) is 0 Å². The molecule has 13 heteroatoms. The van der Waals surface area contributed by atoms with Gasteiger partial charge < -0.3 is 53.1 Å². The maximum absolute atomic E-state index is 9.52. The van der Waals surface area contributed by atoms with Gasteiger partial charge in [0.2, 0.25) is 0 Å². The Morgan fingerprint density at radius 1 is 0.727 bits per heavy atom. The average molecular weight is 379 g/mol. The maximum Gasteiger partial charge on any atom is 2.00 e. The summed E-state index contributed by atoms with van der Waals surface area (Å²) in [4.78, 5) is 28.3. The molecule has 0 unspecified atom stereocenters. The summed E-state index contributed by atoms with van der Waals surface area (Å²) in [7, 11) is 0. The van der Waals surface area contributed by atoms with E-state index < -0.39 is 17.9 Å². The molecule has 0 heterocycles. The van der Waals surface area contributed by atoms with Crippen molar-refractivity contribution in [2.24, 2.45) is 17.2 Å². The van der Waals surface area contributed by atoms with Gasteiger partial charge in [-0.05, 0) is 25.9 Å². The molecule has 0 aliphatic carbocycles. The molecule has 9 N–H and O–H groups in total. The van der Waals surface area contributed by atoms with Gasteiger partial charge in [0.1, 0.15) is 0 Å². The average Bonchev–Trinajstić information content (AvgIpc) is 2.18. The van der Waals surface area contributed by atoms with E-state index in [0.29, 0.717) is 0 Å². The van der Waals surface area contributed by atoms with E-state index in [9.17, 15) is 24.6 Å². The van der Waals surface area contributed by atoms with Crippen LogP contribution in [0.5, 0.6) is 0 Å². The number of aliphatic carboxylic acids is 3. The van der Waals surface area contributed by atoms with Crippen LogP contribution in [0.15, 0.2) is 0 Å². The summed E-state index contributed by atoms with van der Waals surface area (Å²) in [5, 5.41) is 26.6. The van der Waals surface area contributed by atoms with Crippen LogP contribution in [0.3, 0.4) is 0 Å². The number of carboxylic acid groups (broad SMARTS) is 3. The topological polar surface area (TPSA) is 256 Å². The maximum atomic E-state index is 9.52. The van der Waals surface area contributed by atoms with Crippen molar-refractivity contribution in [3.63, 3.8) is 0 Å². The Labute approximate surface area is 188 Å². The van der Waals surface area contributed by atoms with Crippen molar-refractivity contribution < 1.29 is 40.7 Å². The van der Waals surface area contributed by atoms with E-state index in [1.54, 1.807) is 0 Å². The number of hydrogen-bond acceptors (Lipinski definition) is 10. The zero-order valence-corrected chi connectivity index (χ0v) is 16.7. The molecular weight excluding hydrogens is 358 g/mol. The molecule has 0 saturated carbocycles. The van der Waals surface area contributed by atoms with E-state index in [2.05, 4.69) is 0 Å². The van der Waals surface area contributed by atoms with Crippen LogP contribution in [-0.2, 0) is 14.4 Å². The molecule has 0 spiro atoms. The van der Waals surface area contributed by atoms with Crippen LogP contribution in [0, 0.1) is 0 Å². The van der Waals surface area contributed by atoms with Gasteiger partial charge in [-0.1, -0.05) is 0 Å². The molecule has 0 aliphatic rings. The Morgan fingerprint density at radius 2 is 0.955 bits per heavy atom. The predicted octanol–water partition coefficient (Wildman–Crippen LogP) is -5.53. The Hall–Kier alpha value is 0.729. The fourth-order valence-corrected chi connectivity index (χ4v) is 0.359. The van der Waals surface area contributed by atoms with Gasteiger partial charge in [0, 0.05) is 18.5 Å². The van der Waals surface area contributed by atoms with Crippen LogP contribution < -0.4 is 27.4 Å². The first-order valence-electron chi connectivity index (χ1n) is 5.03. The van der Waals surface area contributed by atoms with Gasteiger partial charge in [0.05, 0.1) is 6.42 Å². The van der Waals surface area contributed by atoms with Crippen LogP contribution in [-0.4, -0.2) is 129 Å². The summed E-state index contributed by atoms with van der Waals surface area (Å²) in [6, 6.07) is 0. The fraction of sp³-hybridized carbons (Fsp3) is 0.667. The molecule has 0 aromatic carbocycles. The molecule has 0 fully saturated rings. The van der Waals surface area contributed by atoms with E-state index in [4.69, 9.17) is 22.3 Å². The number of carbonyl (C=O) groups excluding carboxylic acids is 2. The van der Waals surface area contributed by atoms with E-state index in [1.165, 1.54) is 0 Å². The monoisotopic (exact) mass is 379 g/mol. The zero-order valence-electron chi connectivity index (χ0n) is 12.3. The summed E-state index contributed by atoms with van der Waals surface area (Å²) >= 11 is 0. The van der Waals surface area contributed by atoms with Crippen molar-refractivity contribution in [1.82, 2.24) is 0 Å². The standard InChI is InChI=1S/3C3H7NO2.2Ca.2H2O/c3*4-2-1-3(5)6;;;;/h3*1-2,4H2,(H,5,6);;;2*1H2/q;;;2*+2;;/p-4. The van der Waals surface area contributed by atoms with Crippen molar-refractivity contribution in [3.8, 4) is 0 Å². The van der Waals surface area contributed by atoms with Gasteiger partial charge in [-0.3, -0.25) is 4.79 Å². The molecule has 0 aromatic rings. The molecule has 124 valence electrons. The van der Waals surface area contributed by atoms with Gasteiger partial charge in [-0.25, -0.2) is 0 Å². The molecule has 0 bridgehead atoms. The summed E-state index contributed by atoms with van der Waals surface area (Å²) in [5.74, 6) is -3.01. The molecule has 0 aliphatic heterocycles.